The Morgan fingerprint density at radius 2 is 1.66 bits per heavy atom. The van der Waals surface area contributed by atoms with Crippen LogP contribution in [0.2, 0.25) is 0 Å². The molecule has 1 fully saturated rings. The van der Waals surface area contributed by atoms with Crippen molar-refractivity contribution in [2.75, 3.05) is 6.54 Å². The van der Waals surface area contributed by atoms with Crippen LogP contribution in [-0.2, 0) is 31.5 Å². The number of pyridine rings is 1. The van der Waals surface area contributed by atoms with Gasteiger partial charge in [0.2, 0.25) is 5.67 Å². The number of benzene rings is 1. The lowest BCUT2D eigenvalue weighted by Crippen LogP contribution is -2.54. The largest absolute Gasteiger partial charge is 0.471 e. The fourth-order valence-corrected chi connectivity index (χ4v) is 7.37. The van der Waals surface area contributed by atoms with Gasteiger partial charge in [-0.15, -0.1) is 0 Å². The van der Waals surface area contributed by atoms with Crippen LogP contribution >= 0.6 is 0 Å². The van der Waals surface area contributed by atoms with E-state index in [4.69, 9.17) is 0 Å². The molecule has 2 heterocycles. The summed E-state index contributed by atoms with van der Waals surface area (Å²) in [6.45, 7) is -0.261. The minimum absolute atomic E-state index is 0.128. The van der Waals surface area contributed by atoms with Crippen molar-refractivity contribution < 1.29 is 43.9 Å². The van der Waals surface area contributed by atoms with Gasteiger partial charge < -0.3 is 4.90 Å². The lowest BCUT2D eigenvalue weighted by molar-refractivity contribution is -0.230. The highest BCUT2D eigenvalue weighted by Gasteiger charge is 2.64. The Bertz CT molecular complexity index is 1260. The number of rotatable bonds is 3. The fraction of sp³-hybridized carbons (Fsp3) is 0.455. The molecular formula is C22H19F7N2O3S. The second kappa shape index (κ2) is 7.90. The molecule has 0 N–H and O–H groups in total. The lowest BCUT2D eigenvalue weighted by Gasteiger charge is -2.42. The van der Waals surface area contributed by atoms with E-state index in [0.29, 0.717) is 11.0 Å². The number of sulfone groups is 1. The van der Waals surface area contributed by atoms with Crippen molar-refractivity contribution in [1.29, 1.82) is 0 Å². The number of amides is 1. The molecule has 3 unspecified atom stereocenters. The standard InChI is InChI=1S/C22H19F7N2O3S/c1-19(23,22(27,28)29)16-9-7-14-15(30-16)8-10-17-20(14,11-12-31(17)18(32)21(24,25)26)35(33,34)13-5-3-2-4-6-13/h2-7,9,17H,8,10-12H2,1H3. The van der Waals surface area contributed by atoms with Crippen LogP contribution in [0.25, 0.3) is 0 Å². The number of carbonyl (C=O) groups excluding carboxylic acids is 1. The molecule has 1 aromatic carbocycles. The molecule has 4 rings (SSSR count). The Kier molecular flexibility index (Phi) is 5.73. The zero-order valence-electron chi connectivity index (χ0n) is 18.1. The van der Waals surface area contributed by atoms with Crippen molar-refractivity contribution in [3.63, 3.8) is 0 Å². The molecule has 2 aromatic rings. The van der Waals surface area contributed by atoms with Crippen LogP contribution in [0.4, 0.5) is 30.7 Å². The van der Waals surface area contributed by atoms with E-state index in [0.717, 1.165) is 6.07 Å². The zero-order chi connectivity index (χ0) is 26.0. The van der Waals surface area contributed by atoms with Gasteiger partial charge in [-0.1, -0.05) is 24.3 Å². The smallest absolute Gasteiger partial charge is 0.330 e. The number of hydrogen-bond donors (Lipinski definition) is 0. The monoisotopic (exact) mass is 524 g/mol. The van der Waals surface area contributed by atoms with Crippen molar-refractivity contribution in [2.24, 2.45) is 0 Å². The van der Waals surface area contributed by atoms with Crippen LogP contribution in [0.1, 0.15) is 36.7 Å². The molecule has 1 aromatic heterocycles. The van der Waals surface area contributed by atoms with E-state index < -0.39 is 63.2 Å². The van der Waals surface area contributed by atoms with Gasteiger partial charge in [0.1, 0.15) is 4.75 Å². The van der Waals surface area contributed by atoms with Crippen LogP contribution in [0.15, 0.2) is 47.4 Å². The van der Waals surface area contributed by atoms with Gasteiger partial charge in [0.05, 0.1) is 16.6 Å². The summed E-state index contributed by atoms with van der Waals surface area (Å²) in [5, 5.41) is 0. The SMILES string of the molecule is CC(F)(c1ccc2c(n1)CCC1N(C(=O)C(F)(F)F)CCC21S(=O)(=O)c1ccccc1)C(F)(F)F. The quantitative estimate of drug-likeness (QED) is 0.551. The number of likely N-dealkylation sites (tertiary alicyclic amines) is 1. The summed E-state index contributed by atoms with van der Waals surface area (Å²) in [6.07, 6.45) is -11.5. The molecule has 5 nitrogen and oxygen atoms in total. The summed E-state index contributed by atoms with van der Waals surface area (Å²) in [5.41, 5.74) is -5.11. The van der Waals surface area contributed by atoms with Crippen molar-refractivity contribution in [3.8, 4) is 0 Å². The molecule has 0 spiro atoms. The summed E-state index contributed by atoms with van der Waals surface area (Å²) in [5.74, 6) is -2.20. The molecule has 1 saturated heterocycles. The van der Waals surface area contributed by atoms with E-state index in [-0.39, 0.29) is 35.9 Å². The predicted molar refractivity (Wildman–Crippen MR) is 109 cm³/mol. The average Bonchev–Trinajstić information content (AvgIpc) is 3.18. The van der Waals surface area contributed by atoms with Crippen LogP contribution < -0.4 is 0 Å². The maximum atomic E-state index is 14.6. The van der Waals surface area contributed by atoms with E-state index in [1.165, 1.54) is 30.3 Å². The third-order valence-corrected chi connectivity index (χ3v) is 9.32. The van der Waals surface area contributed by atoms with Gasteiger partial charge in [-0.05, 0) is 49.9 Å². The van der Waals surface area contributed by atoms with Crippen LogP contribution in [0.5, 0.6) is 0 Å². The summed E-state index contributed by atoms with van der Waals surface area (Å²) in [6, 6.07) is 7.08. The van der Waals surface area contributed by atoms with Gasteiger partial charge >= 0.3 is 18.3 Å². The molecule has 3 atom stereocenters. The third-order valence-electron chi connectivity index (χ3n) is 6.77. The Morgan fingerprint density at radius 1 is 1.03 bits per heavy atom. The summed E-state index contributed by atoms with van der Waals surface area (Å²) >= 11 is 0. The molecular weight excluding hydrogens is 505 g/mol. The highest BCUT2D eigenvalue weighted by molar-refractivity contribution is 7.92. The predicted octanol–water partition coefficient (Wildman–Crippen LogP) is 4.61. The second-order valence-corrected chi connectivity index (χ2v) is 10.9. The van der Waals surface area contributed by atoms with E-state index in [1.807, 2.05) is 0 Å². The molecule has 2 aliphatic rings. The van der Waals surface area contributed by atoms with Gasteiger partial charge in [0.15, 0.2) is 9.84 Å². The van der Waals surface area contributed by atoms with Crippen molar-refractivity contribution in [3.05, 3.63) is 59.4 Å². The number of carbonyl (C=O) groups is 1. The molecule has 1 aliphatic carbocycles. The minimum atomic E-state index is -5.30. The number of halogens is 7. The van der Waals surface area contributed by atoms with Gasteiger partial charge in [-0.3, -0.25) is 9.78 Å². The van der Waals surface area contributed by atoms with E-state index in [2.05, 4.69) is 4.98 Å². The van der Waals surface area contributed by atoms with Crippen molar-refractivity contribution in [2.45, 2.75) is 59.9 Å². The number of fused-ring (bicyclic) bond motifs is 3. The molecule has 0 bridgehead atoms. The number of aromatic nitrogens is 1. The first-order chi connectivity index (χ1) is 16.0. The fourth-order valence-electron chi connectivity index (χ4n) is 5.00. The number of aryl methyl sites for hydroxylation is 1. The summed E-state index contributed by atoms with van der Waals surface area (Å²) < 4.78 is 120. The van der Waals surface area contributed by atoms with Crippen LogP contribution in [-0.4, -0.2) is 49.1 Å². The normalized spacial score (nSPS) is 24.5. The zero-order valence-corrected chi connectivity index (χ0v) is 18.9. The van der Waals surface area contributed by atoms with Gasteiger partial charge in [-0.25, -0.2) is 12.8 Å². The summed E-state index contributed by atoms with van der Waals surface area (Å²) in [7, 11) is -4.48. The second-order valence-electron chi connectivity index (χ2n) is 8.70. The van der Waals surface area contributed by atoms with Crippen molar-refractivity contribution in [1.82, 2.24) is 9.88 Å². The Hall–Kier alpha value is -2.70. The topological polar surface area (TPSA) is 67.3 Å². The first-order valence-corrected chi connectivity index (χ1v) is 12.0. The highest BCUT2D eigenvalue weighted by atomic mass is 32.2. The lowest BCUT2D eigenvalue weighted by atomic mass is 9.80. The Labute approximate surface area is 195 Å². The maximum Gasteiger partial charge on any atom is 0.471 e. The summed E-state index contributed by atoms with van der Waals surface area (Å²) in [4.78, 5) is 16.2. The van der Waals surface area contributed by atoms with Gasteiger partial charge in [-0.2, -0.15) is 26.3 Å². The molecule has 0 saturated carbocycles. The number of alkyl halides is 7. The number of nitrogens with zero attached hydrogens (tertiary/aromatic N) is 2. The van der Waals surface area contributed by atoms with E-state index in [1.54, 1.807) is 0 Å². The molecule has 1 aliphatic heterocycles. The number of hydrogen-bond acceptors (Lipinski definition) is 4. The maximum absolute atomic E-state index is 14.6. The molecule has 190 valence electrons. The van der Waals surface area contributed by atoms with Gasteiger partial charge in [0.25, 0.3) is 0 Å². The molecule has 35 heavy (non-hydrogen) atoms. The molecule has 1 amide bonds. The minimum Gasteiger partial charge on any atom is -0.330 e. The first kappa shape index (κ1) is 25.4. The molecule has 0 radical (unpaired) electrons. The highest BCUT2D eigenvalue weighted by Crippen LogP contribution is 2.53. The third kappa shape index (κ3) is 3.69. The Balaban J connectivity index is 1.94. The average molecular weight is 524 g/mol. The first-order valence-electron chi connectivity index (χ1n) is 10.5. The van der Waals surface area contributed by atoms with E-state index in [9.17, 15) is 43.9 Å². The van der Waals surface area contributed by atoms with Crippen LogP contribution in [0, 0.1) is 0 Å². The van der Waals surface area contributed by atoms with Crippen LogP contribution in [0.3, 0.4) is 0 Å². The van der Waals surface area contributed by atoms with E-state index >= 15 is 0 Å². The van der Waals surface area contributed by atoms with Crippen molar-refractivity contribution >= 4 is 15.7 Å². The molecule has 13 heteroatoms. The Morgan fingerprint density at radius 3 is 2.23 bits per heavy atom. The van der Waals surface area contributed by atoms with Gasteiger partial charge in [0, 0.05) is 12.2 Å².